The average molecular weight is 423 g/mol. The molecule has 1 saturated heterocycles. The quantitative estimate of drug-likeness (QED) is 0.522. The molecular weight excluding hydrogens is 391 g/mol. The number of nitrogens with one attached hydrogen (secondary N) is 1. The van der Waals surface area contributed by atoms with Gasteiger partial charge in [-0.2, -0.15) is 0 Å². The van der Waals surface area contributed by atoms with E-state index in [9.17, 15) is 9.50 Å². The monoisotopic (exact) mass is 422 g/mol. The smallest absolute Gasteiger partial charge is 0.213 e. The summed E-state index contributed by atoms with van der Waals surface area (Å²) in [5, 5.41) is 20.0. The van der Waals surface area contributed by atoms with Gasteiger partial charge in [-0.3, -0.25) is 10.3 Å². The zero-order valence-electron chi connectivity index (χ0n) is 18.1. The van der Waals surface area contributed by atoms with Gasteiger partial charge in [-0.1, -0.05) is 42.8 Å². The van der Waals surface area contributed by atoms with Crippen molar-refractivity contribution in [1.29, 1.82) is 5.41 Å². The third kappa shape index (κ3) is 4.58. The highest BCUT2D eigenvalue weighted by Gasteiger charge is 2.52. The zero-order chi connectivity index (χ0) is 21.8. The molecule has 31 heavy (non-hydrogen) atoms. The molecule has 4 rings (SSSR count). The maximum Gasteiger partial charge on any atom is 0.213 e. The zero-order valence-corrected chi connectivity index (χ0v) is 18.1. The Labute approximate surface area is 183 Å². The molecule has 2 N–H and O–H groups in total. The topological polar surface area (TPSA) is 56.6 Å². The van der Waals surface area contributed by atoms with E-state index in [1.54, 1.807) is 18.2 Å². The number of aliphatic hydroxyl groups is 1. The molecule has 2 bridgehead atoms. The highest BCUT2D eigenvalue weighted by molar-refractivity contribution is 5.94. The maximum absolute atomic E-state index is 14.6. The number of likely N-dealkylation sites (tertiary alicyclic amines) is 1. The van der Waals surface area contributed by atoms with Crippen molar-refractivity contribution in [3.63, 3.8) is 0 Å². The Morgan fingerprint density at radius 3 is 2.55 bits per heavy atom. The number of rotatable bonds is 5. The first-order chi connectivity index (χ1) is 15.0. The highest BCUT2D eigenvalue weighted by Crippen LogP contribution is 2.48. The number of fused-ring (bicyclic) bond motifs is 2. The summed E-state index contributed by atoms with van der Waals surface area (Å²) in [5.41, 5.74) is 1.31. The van der Waals surface area contributed by atoms with Crippen LogP contribution in [0, 0.1) is 17.2 Å². The van der Waals surface area contributed by atoms with E-state index in [-0.39, 0.29) is 17.7 Å². The molecule has 2 fully saturated rings. The molecule has 1 aromatic carbocycles. The lowest BCUT2D eigenvalue weighted by atomic mass is 9.62. The van der Waals surface area contributed by atoms with Gasteiger partial charge < -0.3 is 9.84 Å². The van der Waals surface area contributed by atoms with Crippen LogP contribution in [0.3, 0.4) is 0 Å². The predicted molar refractivity (Wildman–Crippen MR) is 121 cm³/mol. The highest BCUT2D eigenvalue weighted by atomic mass is 19.1. The first kappa shape index (κ1) is 21.7. The molecule has 1 aromatic rings. The Balaban J connectivity index is 1.61. The number of allylic oxidation sites excluding steroid dienone is 4. The van der Waals surface area contributed by atoms with Crippen LogP contribution in [0.15, 0.2) is 77.7 Å². The molecule has 0 spiro atoms. The Bertz CT molecular complexity index is 918. The fourth-order valence-corrected chi connectivity index (χ4v) is 5.26. The molecule has 0 radical (unpaired) electrons. The van der Waals surface area contributed by atoms with E-state index in [2.05, 4.69) is 29.2 Å². The van der Waals surface area contributed by atoms with Crippen LogP contribution in [0.1, 0.15) is 31.7 Å². The molecule has 1 heterocycles. The lowest BCUT2D eigenvalue weighted by Gasteiger charge is -2.54. The molecule has 2 aliphatic carbocycles. The van der Waals surface area contributed by atoms with Crippen LogP contribution in [0.4, 0.5) is 4.39 Å². The van der Waals surface area contributed by atoms with Gasteiger partial charge in [0.1, 0.15) is 5.83 Å². The number of benzene rings is 1. The Morgan fingerprint density at radius 1 is 1.16 bits per heavy atom. The summed E-state index contributed by atoms with van der Waals surface area (Å²) in [6.07, 6.45) is 10.8. The number of piperidine rings is 1. The van der Waals surface area contributed by atoms with E-state index in [0.29, 0.717) is 17.8 Å². The van der Waals surface area contributed by atoms with E-state index in [1.807, 2.05) is 13.0 Å². The molecule has 2 atom stereocenters. The Kier molecular flexibility index (Phi) is 6.54. The second kappa shape index (κ2) is 9.33. The minimum atomic E-state index is -1.07. The van der Waals surface area contributed by atoms with Gasteiger partial charge in [0.05, 0.1) is 12.2 Å². The van der Waals surface area contributed by atoms with Crippen LogP contribution in [0.2, 0.25) is 0 Å². The average Bonchev–Trinajstić information content (AvgIpc) is 2.72. The number of hydrogen-bond acceptors (Lipinski definition) is 4. The predicted octanol–water partition coefficient (Wildman–Crippen LogP) is 4.94. The fraction of sp³-hybridized carbons (Fsp3) is 0.423. The lowest BCUT2D eigenvalue weighted by Crippen LogP contribution is -2.60. The van der Waals surface area contributed by atoms with E-state index in [4.69, 9.17) is 10.1 Å². The number of hydrogen-bond donors (Lipinski definition) is 2. The molecule has 4 nitrogen and oxygen atoms in total. The second-order valence-electron chi connectivity index (χ2n) is 8.70. The van der Waals surface area contributed by atoms with Crippen molar-refractivity contribution < 1.29 is 14.2 Å². The number of nitrogens with zero attached hydrogens (tertiary/aromatic N) is 1. The van der Waals surface area contributed by atoms with E-state index in [1.165, 1.54) is 17.7 Å². The van der Waals surface area contributed by atoms with Crippen LogP contribution in [-0.2, 0) is 11.3 Å². The molecule has 0 amide bonds. The minimum absolute atomic E-state index is 0.00825. The summed E-state index contributed by atoms with van der Waals surface area (Å²) in [6.45, 7) is 4.64. The van der Waals surface area contributed by atoms with Gasteiger partial charge in [0.25, 0.3) is 0 Å². The first-order valence-electron chi connectivity index (χ1n) is 11.2. The minimum Gasteiger partial charge on any atom is -0.478 e. The molecular formula is C26H31FN2O2. The fourth-order valence-electron chi connectivity index (χ4n) is 5.26. The van der Waals surface area contributed by atoms with E-state index < -0.39 is 11.4 Å². The van der Waals surface area contributed by atoms with Gasteiger partial charge in [0.2, 0.25) is 5.90 Å². The third-order valence-corrected chi connectivity index (χ3v) is 6.73. The summed E-state index contributed by atoms with van der Waals surface area (Å²) in [7, 11) is 0. The molecule has 2 unspecified atom stereocenters. The molecule has 0 aromatic heterocycles. The van der Waals surface area contributed by atoms with Crippen LogP contribution >= 0.6 is 0 Å². The molecule has 164 valence electrons. The Hall–Kier alpha value is -2.50. The second-order valence-corrected chi connectivity index (χ2v) is 8.70. The largest absolute Gasteiger partial charge is 0.478 e. The van der Waals surface area contributed by atoms with E-state index >= 15 is 0 Å². The summed E-state index contributed by atoms with van der Waals surface area (Å²) in [4.78, 5) is 2.42. The summed E-state index contributed by atoms with van der Waals surface area (Å²) in [5.74, 6) is -0.315. The van der Waals surface area contributed by atoms with E-state index in [0.717, 1.165) is 38.9 Å². The van der Waals surface area contributed by atoms with Crippen molar-refractivity contribution in [2.24, 2.45) is 11.8 Å². The molecule has 1 saturated carbocycles. The van der Waals surface area contributed by atoms with Gasteiger partial charge in [-0.05, 0) is 55.2 Å². The summed E-state index contributed by atoms with van der Waals surface area (Å²) in [6, 6.07) is 10.4. The normalized spacial score (nSPS) is 34.7. The van der Waals surface area contributed by atoms with Gasteiger partial charge in [0.15, 0.2) is 0 Å². The van der Waals surface area contributed by atoms with Gasteiger partial charge in [-0.15, -0.1) is 0 Å². The van der Waals surface area contributed by atoms with Crippen molar-refractivity contribution in [3.8, 4) is 0 Å². The molecule has 3 aliphatic rings. The van der Waals surface area contributed by atoms with Crippen LogP contribution in [0.5, 0.6) is 0 Å². The van der Waals surface area contributed by atoms with Crippen LogP contribution in [-0.4, -0.2) is 41.2 Å². The standard InChI is InChI=1S/C26H31FN2O2/c1-2-31-25(28)20-11-13-21(15-24(27)14-12-20)26(30)22-9-6-10-23(26)18-29(17-22)16-19-7-4-3-5-8-19/h3-5,7-8,11-15,22-23,28,30H,2,6,9-10,16-18H2,1H3/b13-11?,14-12-,20-11+,20-12?,21-13+,21-15?,24-14?,24-15+,28-25?. The molecule has 1 aliphatic heterocycles. The van der Waals surface area contributed by atoms with Crippen molar-refractivity contribution in [1.82, 2.24) is 4.90 Å². The van der Waals surface area contributed by atoms with Crippen LogP contribution in [0.25, 0.3) is 0 Å². The third-order valence-electron chi connectivity index (χ3n) is 6.73. The van der Waals surface area contributed by atoms with Gasteiger partial charge >= 0.3 is 0 Å². The lowest BCUT2D eigenvalue weighted by molar-refractivity contribution is -0.114. The van der Waals surface area contributed by atoms with Crippen molar-refractivity contribution in [3.05, 3.63) is 83.2 Å². The summed E-state index contributed by atoms with van der Waals surface area (Å²) < 4.78 is 19.9. The van der Waals surface area contributed by atoms with Gasteiger partial charge in [0, 0.05) is 37.0 Å². The van der Waals surface area contributed by atoms with Crippen molar-refractivity contribution in [2.45, 2.75) is 38.3 Å². The number of halogens is 1. The molecule has 5 heteroatoms. The van der Waals surface area contributed by atoms with Crippen molar-refractivity contribution >= 4 is 5.90 Å². The Morgan fingerprint density at radius 2 is 1.87 bits per heavy atom. The number of ether oxygens (including phenoxy) is 1. The maximum atomic E-state index is 14.6. The van der Waals surface area contributed by atoms with Gasteiger partial charge in [-0.25, -0.2) is 4.39 Å². The first-order valence-corrected chi connectivity index (χ1v) is 11.2. The van der Waals surface area contributed by atoms with Crippen LogP contribution < -0.4 is 0 Å². The summed E-state index contributed by atoms with van der Waals surface area (Å²) >= 11 is 0. The van der Waals surface area contributed by atoms with Crippen molar-refractivity contribution in [2.75, 3.05) is 19.7 Å². The SMILES string of the molecule is CCOC(=N)C1=C/C=C(C2(O)C3CCCC2CN(Cc2ccccc2)C3)\C=C(F)/C=C\1.